The summed E-state index contributed by atoms with van der Waals surface area (Å²) in [5.41, 5.74) is 6.59. The molecule has 0 spiro atoms. The first-order chi connectivity index (χ1) is 14.1. The molecule has 0 atom stereocenters. The Morgan fingerprint density at radius 3 is 2.31 bits per heavy atom. The number of piperazine rings is 1. The number of anilines is 3. The second-order valence-electron chi connectivity index (χ2n) is 7.44. The van der Waals surface area contributed by atoms with Crippen molar-refractivity contribution in [3.8, 4) is 0 Å². The lowest BCUT2D eigenvalue weighted by Crippen LogP contribution is -2.46. The van der Waals surface area contributed by atoms with Crippen molar-refractivity contribution in [2.45, 2.75) is 13.8 Å². The Bertz CT molecular complexity index is 978. The number of carbonyl (C=O) groups excluding carboxylic acids is 1. The van der Waals surface area contributed by atoms with E-state index >= 15 is 0 Å². The molecule has 0 bridgehead atoms. The number of aryl methyl sites for hydroxylation is 1. The van der Waals surface area contributed by atoms with E-state index in [-0.39, 0.29) is 5.91 Å². The number of nitrogens with zero attached hydrogens (tertiary/aromatic N) is 3. The molecule has 1 N–H and O–H groups in total. The molecule has 1 fully saturated rings. The number of hydrogen-bond acceptors (Lipinski definition) is 4. The van der Waals surface area contributed by atoms with Gasteiger partial charge in [0.05, 0.1) is 5.56 Å². The van der Waals surface area contributed by atoms with Crippen LogP contribution in [0.2, 0.25) is 0 Å². The summed E-state index contributed by atoms with van der Waals surface area (Å²) in [4.78, 5) is 21.1. The van der Waals surface area contributed by atoms with E-state index in [4.69, 9.17) is 0 Å². The number of rotatable bonds is 4. The predicted octanol–water partition coefficient (Wildman–Crippen LogP) is 4.28. The highest BCUT2D eigenvalue weighted by Crippen LogP contribution is 2.26. The highest BCUT2D eigenvalue weighted by atomic mass is 16.1. The predicted molar refractivity (Wildman–Crippen MR) is 119 cm³/mol. The molecule has 0 unspecified atom stereocenters. The molecule has 1 saturated heterocycles. The molecular weight excluding hydrogens is 360 g/mol. The van der Waals surface area contributed by atoms with Crippen LogP contribution < -0.4 is 15.1 Å². The van der Waals surface area contributed by atoms with Crippen molar-refractivity contribution in [1.29, 1.82) is 0 Å². The zero-order chi connectivity index (χ0) is 20.2. The molecule has 0 radical (unpaired) electrons. The maximum absolute atomic E-state index is 12.3. The van der Waals surface area contributed by atoms with Crippen LogP contribution in [0.25, 0.3) is 0 Å². The summed E-state index contributed by atoms with van der Waals surface area (Å²) >= 11 is 0. The van der Waals surface area contributed by atoms with Crippen molar-refractivity contribution in [2.24, 2.45) is 0 Å². The first kappa shape index (κ1) is 19.0. The van der Waals surface area contributed by atoms with E-state index in [1.54, 1.807) is 24.5 Å². The SMILES string of the molecule is Cc1cccc(N2CCN(c3ccc(NC(=O)c4cccnc4)cc3)CC2)c1C. The first-order valence-electron chi connectivity index (χ1n) is 9.99. The third kappa shape index (κ3) is 4.24. The number of hydrogen-bond donors (Lipinski definition) is 1. The van der Waals surface area contributed by atoms with Crippen LogP contribution >= 0.6 is 0 Å². The molecular formula is C24H26N4O. The molecule has 0 aliphatic carbocycles. The monoisotopic (exact) mass is 386 g/mol. The number of benzene rings is 2. The Balaban J connectivity index is 1.37. The van der Waals surface area contributed by atoms with Crippen molar-refractivity contribution < 1.29 is 4.79 Å². The molecule has 1 aromatic heterocycles. The van der Waals surface area contributed by atoms with E-state index < -0.39 is 0 Å². The third-order valence-electron chi connectivity index (χ3n) is 5.61. The van der Waals surface area contributed by atoms with Gasteiger partial charge >= 0.3 is 0 Å². The minimum atomic E-state index is -0.145. The van der Waals surface area contributed by atoms with Gasteiger partial charge in [-0.2, -0.15) is 0 Å². The second-order valence-corrected chi connectivity index (χ2v) is 7.44. The van der Waals surface area contributed by atoms with Crippen LogP contribution in [0, 0.1) is 13.8 Å². The van der Waals surface area contributed by atoms with Crippen molar-refractivity contribution >= 4 is 23.0 Å². The lowest BCUT2D eigenvalue weighted by atomic mass is 10.1. The van der Waals surface area contributed by atoms with E-state index in [0.717, 1.165) is 31.9 Å². The van der Waals surface area contributed by atoms with Gasteiger partial charge in [0.15, 0.2) is 0 Å². The van der Waals surface area contributed by atoms with Gasteiger partial charge in [-0.25, -0.2) is 0 Å². The normalized spacial score (nSPS) is 14.0. The summed E-state index contributed by atoms with van der Waals surface area (Å²) in [5, 5.41) is 2.92. The Hall–Kier alpha value is -3.34. The Morgan fingerprint density at radius 1 is 0.897 bits per heavy atom. The number of carbonyl (C=O) groups is 1. The number of amides is 1. The molecule has 148 valence electrons. The van der Waals surface area contributed by atoms with Gasteiger partial charge in [-0.15, -0.1) is 0 Å². The average molecular weight is 386 g/mol. The lowest BCUT2D eigenvalue weighted by Gasteiger charge is -2.38. The molecule has 0 saturated carbocycles. The van der Waals surface area contributed by atoms with E-state index in [0.29, 0.717) is 5.56 Å². The first-order valence-corrected chi connectivity index (χ1v) is 9.99. The molecule has 3 aromatic rings. The topological polar surface area (TPSA) is 48.5 Å². The molecule has 2 aromatic carbocycles. The summed E-state index contributed by atoms with van der Waals surface area (Å²) < 4.78 is 0. The van der Waals surface area contributed by atoms with Gasteiger partial charge in [0.25, 0.3) is 5.91 Å². The number of pyridine rings is 1. The van der Waals surface area contributed by atoms with Crippen LogP contribution in [0.3, 0.4) is 0 Å². The summed E-state index contributed by atoms with van der Waals surface area (Å²) in [6.07, 6.45) is 3.23. The molecule has 29 heavy (non-hydrogen) atoms. The summed E-state index contributed by atoms with van der Waals surface area (Å²) in [7, 11) is 0. The van der Waals surface area contributed by atoms with Crippen LogP contribution in [-0.2, 0) is 0 Å². The van der Waals surface area contributed by atoms with Crippen molar-refractivity contribution in [3.63, 3.8) is 0 Å². The molecule has 1 aliphatic heterocycles. The summed E-state index contributed by atoms with van der Waals surface area (Å²) in [6, 6.07) is 18.1. The van der Waals surface area contributed by atoms with Gasteiger partial charge in [0.2, 0.25) is 0 Å². The largest absolute Gasteiger partial charge is 0.368 e. The highest BCUT2D eigenvalue weighted by Gasteiger charge is 2.19. The number of nitrogens with one attached hydrogen (secondary N) is 1. The van der Waals surface area contributed by atoms with Gasteiger partial charge in [0.1, 0.15) is 0 Å². The number of aromatic nitrogens is 1. The summed E-state index contributed by atoms with van der Waals surface area (Å²) in [5.74, 6) is -0.145. The van der Waals surface area contributed by atoms with Gasteiger partial charge in [0, 0.05) is 55.6 Å². The second kappa shape index (κ2) is 8.35. The lowest BCUT2D eigenvalue weighted by molar-refractivity contribution is 0.102. The van der Waals surface area contributed by atoms with E-state index in [2.05, 4.69) is 64.3 Å². The van der Waals surface area contributed by atoms with Crippen LogP contribution in [-0.4, -0.2) is 37.1 Å². The van der Waals surface area contributed by atoms with Gasteiger partial charge in [-0.3, -0.25) is 9.78 Å². The van der Waals surface area contributed by atoms with Crippen molar-refractivity contribution in [3.05, 3.63) is 83.7 Å². The zero-order valence-electron chi connectivity index (χ0n) is 16.9. The van der Waals surface area contributed by atoms with Gasteiger partial charge in [-0.1, -0.05) is 12.1 Å². The van der Waals surface area contributed by atoms with Gasteiger partial charge in [-0.05, 0) is 67.4 Å². The van der Waals surface area contributed by atoms with E-state index in [9.17, 15) is 4.79 Å². The Labute approximate surface area is 172 Å². The minimum Gasteiger partial charge on any atom is -0.368 e. The minimum absolute atomic E-state index is 0.145. The molecule has 2 heterocycles. The summed E-state index contributed by atoms with van der Waals surface area (Å²) in [6.45, 7) is 8.34. The maximum atomic E-state index is 12.3. The molecule has 1 amide bonds. The Kier molecular flexibility index (Phi) is 5.47. The fourth-order valence-corrected chi connectivity index (χ4v) is 3.74. The van der Waals surface area contributed by atoms with Crippen LogP contribution in [0.4, 0.5) is 17.1 Å². The fourth-order valence-electron chi connectivity index (χ4n) is 3.74. The molecule has 5 heteroatoms. The standard InChI is InChI=1S/C24H26N4O/c1-18-5-3-7-23(19(18)2)28-15-13-27(14-16-28)22-10-8-21(9-11-22)26-24(29)20-6-4-12-25-17-20/h3-12,17H,13-16H2,1-2H3,(H,26,29). The molecule has 4 rings (SSSR count). The van der Waals surface area contributed by atoms with E-state index in [1.165, 1.54) is 22.5 Å². The highest BCUT2D eigenvalue weighted by molar-refractivity contribution is 6.04. The Morgan fingerprint density at radius 2 is 1.62 bits per heavy atom. The van der Waals surface area contributed by atoms with E-state index in [1.807, 2.05) is 12.1 Å². The maximum Gasteiger partial charge on any atom is 0.257 e. The molecule has 1 aliphatic rings. The quantitative estimate of drug-likeness (QED) is 0.727. The van der Waals surface area contributed by atoms with Crippen molar-refractivity contribution in [2.75, 3.05) is 41.3 Å². The van der Waals surface area contributed by atoms with Crippen molar-refractivity contribution in [1.82, 2.24) is 4.98 Å². The van der Waals surface area contributed by atoms with Crippen LogP contribution in [0.15, 0.2) is 67.0 Å². The third-order valence-corrected chi connectivity index (χ3v) is 5.61. The average Bonchev–Trinajstić information content (AvgIpc) is 2.77. The zero-order valence-corrected chi connectivity index (χ0v) is 16.9. The molecule has 5 nitrogen and oxygen atoms in total. The fraction of sp³-hybridized carbons (Fsp3) is 0.250. The van der Waals surface area contributed by atoms with Crippen LogP contribution in [0.1, 0.15) is 21.5 Å². The van der Waals surface area contributed by atoms with Crippen LogP contribution in [0.5, 0.6) is 0 Å². The smallest absolute Gasteiger partial charge is 0.257 e. The van der Waals surface area contributed by atoms with Gasteiger partial charge < -0.3 is 15.1 Å².